The molecule has 0 aromatic heterocycles. The molecule has 0 heterocycles. The maximum absolute atomic E-state index is 12.0. The summed E-state index contributed by atoms with van der Waals surface area (Å²) in [5.74, 6) is -2.28. The molecule has 0 radical (unpaired) electrons. The molecule has 0 spiro atoms. The van der Waals surface area contributed by atoms with E-state index in [0.717, 1.165) is 11.6 Å². The minimum absolute atomic E-state index is 0.0270. The van der Waals surface area contributed by atoms with Gasteiger partial charge in [0, 0.05) is 0 Å². The summed E-state index contributed by atoms with van der Waals surface area (Å²) in [7, 11) is 0. The van der Waals surface area contributed by atoms with Gasteiger partial charge >= 0.3 is 5.97 Å². The number of esters is 1. The van der Waals surface area contributed by atoms with Crippen LogP contribution in [0.3, 0.4) is 0 Å². The number of ether oxygens (including phenoxy) is 1. The highest BCUT2D eigenvalue weighted by atomic mass is 35.5. The van der Waals surface area contributed by atoms with Crippen LogP contribution < -0.4 is 5.73 Å². The quantitative estimate of drug-likeness (QED) is 0.338. The maximum atomic E-state index is 12.0. The lowest BCUT2D eigenvalue weighted by atomic mass is 9.89. The number of rotatable bonds is 8. The zero-order valence-electron chi connectivity index (χ0n) is 11.6. The zero-order chi connectivity index (χ0) is 16.8. The number of halogens is 2. The molecule has 22 heavy (non-hydrogen) atoms. The number of hydrogen-bond acceptors (Lipinski definition) is 5. The molecule has 5 nitrogen and oxygen atoms in total. The Morgan fingerprint density at radius 2 is 1.86 bits per heavy atom. The van der Waals surface area contributed by atoms with Crippen LogP contribution in [0.1, 0.15) is 12.0 Å². The van der Waals surface area contributed by atoms with Gasteiger partial charge in [0.25, 0.3) is 0 Å². The van der Waals surface area contributed by atoms with Crippen LogP contribution in [0.4, 0.5) is 0 Å². The first-order valence-corrected chi connectivity index (χ1v) is 7.08. The fraction of sp³-hybridized carbons (Fsp3) is 0.267. The van der Waals surface area contributed by atoms with Crippen molar-refractivity contribution < 1.29 is 19.1 Å². The maximum Gasteiger partial charge on any atom is 0.318 e. The lowest BCUT2D eigenvalue weighted by Gasteiger charge is -2.24. The predicted molar refractivity (Wildman–Crippen MR) is 83.2 cm³/mol. The molecule has 2 atom stereocenters. The van der Waals surface area contributed by atoms with Crippen LogP contribution in [0.2, 0.25) is 0 Å². The normalized spacial score (nSPS) is 14.5. The highest BCUT2D eigenvalue weighted by molar-refractivity contribution is 6.66. The third-order valence-electron chi connectivity index (χ3n) is 3.05. The van der Waals surface area contributed by atoms with Gasteiger partial charge in [0.15, 0.2) is 0 Å². The molecule has 2 N–H and O–H groups in total. The molecular formula is C15H15Cl2NO4. The Morgan fingerprint density at radius 3 is 2.32 bits per heavy atom. The van der Waals surface area contributed by atoms with Crippen LogP contribution in [-0.4, -0.2) is 22.0 Å². The predicted octanol–water partition coefficient (Wildman–Crippen LogP) is 2.15. The first kappa shape index (κ1) is 18.4. The Labute approximate surface area is 138 Å². The van der Waals surface area contributed by atoms with E-state index in [1.807, 2.05) is 6.07 Å². The van der Waals surface area contributed by atoms with Gasteiger partial charge in [0.1, 0.15) is 18.1 Å². The summed E-state index contributed by atoms with van der Waals surface area (Å²) >= 11 is 10.8. The molecule has 0 aliphatic heterocycles. The average Bonchev–Trinajstić information content (AvgIpc) is 2.50. The smallest absolute Gasteiger partial charge is 0.318 e. The van der Waals surface area contributed by atoms with Crippen molar-refractivity contribution in [3.63, 3.8) is 0 Å². The molecule has 118 valence electrons. The van der Waals surface area contributed by atoms with Crippen LogP contribution in [0, 0.1) is 5.92 Å². The summed E-state index contributed by atoms with van der Waals surface area (Å²) in [5.41, 5.74) is 4.72. The SMILES string of the molecule is C=CC(N)(CC(C(=O)Cl)C(=O)OCc1ccccc1)C(=O)Cl. The number of hydrogen-bond donors (Lipinski definition) is 1. The van der Waals surface area contributed by atoms with Crippen molar-refractivity contribution in [2.75, 3.05) is 0 Å². The van der Waals surface area contributed by atoms with Gasteiger partial charge in [-0.1, -0.05) is 36.4 Å². The lowest BCUT2D eigenvalue weighted by Crippen LogP contribution is -2.47. The summed E-state index contributed by atoms with van der Waals surface area (Å²) in [6.07, 6.45) is 0.661. The average molecular weight is 344 g/mol. The van der Waals surface area contributed by atoms with Gasteiger partial charge < -0.3 is 10.5 Å². The second-order valence-corrected chi connectivity index (χ2v) is 5.39. The Morgan fingerprint density at radius 1 is 1.27 bits per heavy atom. The van der Waals surface area contributed by atoms with Gasteiger partial charge in [-0.15, -0.1) is 6.58 Å². The zero-order valence-corrected chi connectivity index (χ0v) is 13.1. The molecule has 0 fully saturated rings. The van der Waals surface area contributed by atoms with Crippen molar-refractivity contribution in [1.29, 1.82) is 0 Å². The number of carbonyl (C=O) groups is 3. The van der Waals surface area contributed by atoms with Crippen LogP contribution >= 0.6 is 23.2 Å². The summed E-state index contributed by atoms with van der Waals surface area (Å²) in [4.78, 5) is 34.8. The molecule has 1 aromatic rings. The van der Waals surface area contributed by atoms with Crippen molar-refractivity contribution in [2.45, 2.75) is 18.6 Å². The molecule has 1 rings (SSSR count). The van der Waals surface area contributed by atoms with E-state index in [0.29, 0.717) is 0 Å². The minimum Gasteiger partial charge on any atom is -0.460 e. The monoisotopic (exact) mass is 343 g/mol. The highest BCUT2D eigenvalue weighted by Crippen LogP contribution is 2.22. The van der Waals surface area contributed by atoms with Crippen LogP contribution in [0.15, 0.2) is 43.0 Å². The van der Waals surface area contributed by atoms with E-state index in [1.165, 1.54) is 0 Å². The number of carbonyl (C=O) groups excluding carboxylic acids is 3. The topological polar surface area (TPSA) is 86.5 Å². The Kier molecular flexibility index (Phi) is 6.74. The van der Waals surface area contributed by atoms with Crippen LogP contribution in [0.5, 0.6) is 0 Å². The van der Waals surface area contributed by atoms with Gasteiger partial charge in [-0.3, -0.25) is 14.4 Å². The van der Waals surface area contributed by atoms with Crippen molar-refractivity contribution in [3.05, 3.63) is 48.6 Å². The van der Waals surface area contributed by atoms with Gasteiger partial charge in [-0.25, -0.2) is 0 Å². The molecule has 7 heteroatoms. The van der Waals surface area contributed by atoms with Gasteiger partial charge in [0.05, 0.1) is 0 Å². The molecule has 0 amide bonds. The molecule has 1 aromatic carbocycles. The lowest BCUT2D eigenvalue weighted by molar-refractivity contribution is -0.152. The van der Waals surface area contributed by atoms with E-state index in [4.69, 9.17) is 33.7 Å². The van der Waals surface area contributed by atoms with E-state index in [-0.39, 0.29) is 6.61 Å². The molecule has 0 saturated heterocycles. The molecule has 0 aliphatic rings. The standard InChI is InChI=1S/C15H15Cl2NO4/c1-2-15(18,14(17)21)8-11(12(16)19)13(20)22-9-10-6-4-3-5-7-10/h2-7,11H,1,8-9,18H2. The first-order chi connectivity index (χ1) is 10.3. The molecule has 0 saturated carbocycles. The summed E-state index contributed by atoms with van der Waals surface area (Å²) < 4.78 is 5.03. The summed E-state index contributed by atoms with van der Waals surface area (Å²) in [6.45, 7) is 3.36. The van der Waals surface area contributed by atoms with E-state index in [9.17, 15) is 14.4 Å². The van der Waals surface area contributed by atoms with Crippen LogP contribution in [0.25, 0.3) is 0 Å². The fourth-order valence-corrected chi connectivity index (χ4v) is 1.99. The molecule has 2 unspecified atom stereocenters. The van der Waals surface area contributed by atoms with Crippen LogP contribution in [-0.2, 0) is 25.7 Å². The van der Waals surface area contributed by atoms with E-state index >= 15 is 0 Å². The van der Waals surface area contributed by atoms with E-state index in [1.54, 1.807) is 24.3 Å². The van der Waals surface area contributed by atoms with Gasteiger partial charge in [-0.2, -0.15) is 0 Å². The van der Waals surface area contributed by atoms with Gasteiger partial charge in [-0.05, 0) is 35.2 Å². The number of benzene rings is 1. The summed E-state index contributed by atoms with van der Waals surface area (Å²) in [5, 5.41) is -1.92. The Bertz CT molecular complexity index is 576. The van der Waals surface area contributed by atoms with Crippen molar-refractivity contribution >= 4 is 39.7 Å². The summed E-state index contributed by atoms with van der Waals surface area (Å²) in [6, 6.07) is 8.88. The highest BCUT2D eigenvalue weighted by Gasteiger charge is 2.39. The first-order valence-electron chi connectivity index (χ1n) is 6.32. The second kappa shape index (κ2) is 8.08. The minimum atomic E-state index is -1.73. The second-order valence-electron chi connectivity index (χ2n) is 4.67. The van der Waals surface area contributed by atoms with Crippen molar-refractivity contribution in [1.82, 2.24) is 0 Å². The molecule has 0 bridgehead atoms. The third kappa shape index (κ3) is 4.94. The Balaban J connectivity index is 2.78. The Hall–Kier alpha value is -1.69. The third-order valence-corrected chi connectivity index (χ3v) is 3.67. The van der Waals surface area contributed by atoms with E-state index in [2.05, 4.69) is 6.58 Å². The molecular weight excluding hydrogens is 329 g/mol. The molecule has 0 aliphatic carbocycles. The van der Waals surface area contributed by atoms with Crippen molar-refractivity contribution in [3.8, 4) is 0 Å². The van der Waals surface area contributed by atoms with Gasteiger partial charge in [0.2, 0.25) is 10.5 Å². The fourth-order valence-electron chi connectivity index (χ4n) is 1.67. The largest absolute Gasteiger partial charge is 0.460 e. The van der Waals surface area contributed by atoms with E-state index < -0.39 is 34.3 Å². The number of nitrogens with two attached hydrogens (primary N) is 1. The van der Waals surface area contributed by atoms with Crippen molar-refractivity contribution in [2.24, 2.45) is 11.7 Å².